The third kappa shape index (κ3) is 7.50. The summed E-state index contributed by atoms with van der Waals surface area (Å²) in [6.07, 6.45) is 8.88. The number of hydrogen-bond acceptors (Lipinski definition) is 12. The lowest BCUT2D eigenvalue weighted by Crippen LogP contribution is -2.59. The maximum atomic E-state index is 15.6. The zero-order valence-electron chi connectivity index (χ0n) is 35.8. The molecule has 5 fully saturated rings. The maximum Gasteiger partial charge on any atom is 0.262 e. The van der Waals surface area contributed by atoms with Crippen molar-refractivity contribution in [1.29, 1.82) is 0 Å². The fourth-order valence-corrected chi connectivity index (χ4v) is 11.5. The smallest absolute Gasteiger partial charge is 0.262 e. The number of carbonyl (C=O) groups is 5. The van der Waals surface area contributed by atoms with Crippen LogP contribution in [0.1, 0.15) is 88.5 Å². The lowest BCUT2D eigenvalue weighted by molar-refractivity contribution is -0.136. The lowest BCUT2D eigenvalue weighted by atomic mass is 9.60. The first-order valence-electron chi connectivity index (χ1n) is 22.5. The summed E-state index contributed by atoms with van der Waals surface area (Å²) in [5, 5.41) is 9.31. The largest absolute Gasteiger partial charge is 0.369 e. The first kappa shape index (κ1) is 42.5. The van der Waals surface area contributed by atoms with Gasteiger partial charge in [-0.3, -0.25) is 39.1 Å². The van der Waals surface area contributed by atoms with Crippen LogP contribution in [-0.2, 0) is 9.59 Å². The number of benzene rings is 3. The molecule has 0 unspecified atom stereocenters. The Balaban J connectivity index is 0.646. The quantitative estimate of drug-likeness (QED) is 0.145. The summed E-state index contributed by atoms with van der Waals surface area (Å²) in [5.74, 6) is -2.71. The van der Waals surface area contributed by atoms with Gasteiger partial charge in [-0.2, -0.15) is 0 Å². The van der Waals surface area contributed by atoms with Crippen molar-refractivity contribution in [2.24, 2.45) is 5.41 Å². The fraction of sp³-hybridized carbons (Fsp3) is 0.404. The molecule has 4 aliphatic heterocycles. The average Bonchev–Trinajstić information content (AvgIpc) is 3.81. The first-order valence-corrected chi connectivity index (χ1v) is 23.3. The highest BCUT2D eigenvalue weighted by Gasteiger charge is 2.49. The standard InChI is InChI=1S/C47H46Cl2FN11O5/c48-33-2-1-3-34(49)39(33)44(64)55-27-18-29(19-27)60-25-53-40-41(51-24-52-42(40)60)54-26-4-6-28(7-5-26)57-14-16-58(17-15-57)30-22-47(23-30)10-12-59(13-11-47)37-21-32-31(20-35(37)50)45(65)61(46(32)66)36-8-9-38(62)56-43(36)63/h1-7,20-21,24-25,27,29-30,36H,8-19,22-23H2,(H,55,64)(H,51,52,54)(H,56,62,63)/t27?,29?,36-/m0/s1. The van der Waals surface area contributed by atoms with E-state index in [1.165, 1.54) is 12.4 Å². The van der Waals surface area contributed by atoms with E-state index < -0.39 is 35.5 Å². The molecule has 0 radical (unpaired) electrons. The van der Waals surface area contributed by atoms with Crippen LogP contribution < -0.4 is 25.8 Å². The molecule has 19 heteroatoms. The van der Waals surface area contributed by atoms with E-state index in [9.17, 15) is 24.0 Å². The Bertz CT molecular complexity index is 2790. The Morgan fingerprint density at radius 2 is 1.52 bits per heavy atom. The highest BCUT2D eigenvalue weighted by Crippen LogP contribution is 2.52. The molecule has 66 heavy (non-hydrogen) atoms. The van der Waals surface area contributed by atoms with Crippen molar-refractivity contribution in [3.05, 3.63) is 99.8 Å². The molecule has 3 aromatic carbocycles. The van der Waals surface area contributed by atoms with Crippen LogP contribution in [0, 0.1) is 11.2 Å². The number of amides is 5. The Kier molecular flexibility index (Phi) is 10.7. The average molecular weight is 935 g/mol. The molecule has 5 aromatic rings. The van der Waals surface area contributed by atoms with Crippen molar-refractivity contribution in [2.75, 3.05) is 54.4 Å². The maximum absolute atomic E-state index is 15.6. The Hall–Kier alpha value is -6.17. The Labute approximate surface area is 388 Å². The SMILES string of the molecule is O=C1CC[C@H](N2C(=O)c3cc(F)c(N4CCC5(CC4)CC(N4CCN(c6ccc(Nc7ncnc8c7ncn8C7CC(NC(=O)c8c(Cl)cccc8Cl)C7)cc6)CC4)C5)cc3C2=O)C(=O)N1. The Morgan fingerprint density at radius 1 is 0.818 bits per heavy atom. The summed E-state index contributed by atoms with van der Waals surface area (Å²) in [4.78, 5) is 85.2. The summed E-state index contributed by atoms with van der Waals surface area (Å²) in [7, 11) is 0. The molecule has 2 aliphatic carbocycles. The van der Waals surface area contributed by atoms with E-state index in [1.807, 2.05) is 9.47 Å². The van der Waals surface area contributed by atoms with Crippen molar-refractivity contribution in [3.8, 4) is 0 Å². The van der Waals surface area contributed by atoms with Gasteiger partial charge in [-0.15, -0.1) is 0 Å². The van der Waals surface area contributed by atoms with Crippen LogP contribution in [0.2, 0.25) is 10.0 Å². The third-order valence-electron chi connectivity index (χ3n) is 14.7. The molecule has 2 aromatic heterocycles. The lowest BCUT2D eigenvalue weighted by Gasteiger charge is -2.56. The number of fused-ring (bicyclic) bond motifs is 2. The third-order valence-corrected chi connectivity index (χ3v) is 15.4. The number of imide groups is 2. The Morgan fingerprint density at radius 3 is 2.21 bits per heavy atom. The van der Waals surface area contributed by atoms with E-state index in [-0.39, 0.29) is 52.9 Å². The van der Waals surface area contributed by atoms with E-state index in [4.69, 9.17) is 23.2 Å². The number of aromatic nitrogens is 4. The first-order chi connectivity index (χ1) is 31.9. The van der Waals surface area contributed by atoms with Gasteiger partial charge in [0.15, 0.2) is 17.0 Å². The van der Waals surface area contributed by atoms with E-state index in [0.717, 1.165) is 92.7 Å². The van der Waals surface area contributed by atoms with Crippen LogP contribution in [0.4, 0.5) is 27.3 Å². The van der Waals surface area contributed by atoms with Crippen molar-refractivity contribution < 1.29 is 28.4 Å². The molecule has 16 nitrogen and oxygen atoms in total. The molecule has 11 rings (SSSR count). The van der Waals surface area contributed by atoms with Gasteiger partial charge >= 0.3 is 0 Å². The number of nitrogens with zero attached hydrogens (tertiary/aromatic N) is 8. The zero-order valence-corrected chi connectivity index (χ0v) is 37.3. The summed E-state index contributed by atoms with van der Waals surface area (Å²) < 4.78 is 17.6. The number of carbonyl (C=O) groups excluding carboxylic acids is 5. The highest BCUT2D eigenvalue weighted by molar-refractivity contribution is 6.39. The molecular formula is C47H46Cl2FN11O5. The van der Waals surface area contributed by atoms with Crippen molar-refractivity contribution in [1.82, 2.24) is 40.0 Å². The van der Waals surface area contributed by atoms with Gasteiger partial charge in [-0.1, -0.05) is 29.3 Å². The molecule has 0 bridgehead atoms. The molecule has 5 amide bonds. The number of piperazine rings is 1. The van der Waals surface area contributed by atoms with Crippen molar-refractivity contribution >= 4 is 86.8 Å². The molecule has 6 heterocycles. The number of nitrogens with one attached hydrogen (secondary N) is 3. The second-order valence-corrected chi connectivity index (χ2v) is 19.3. The van der Waals surface area contributed by atoms with Gasteiger partial charge < -0.3 is 25.0 Å². The van der Waals surface area contributed by atoms with Gasteiger partial charge in [-0.05, 0) is 98.9 Å². The number of imidazole rings is 1. The molecule has 3 N–H and O–H groups in total. The van der Waals surface area contributed by atoms with Gasteiger partial charge in [0.2, 0.25) is 11.8 Å². The molecule has 340 valence electrons. The second kappa shape index (κ2) is 16.6. The molecule has 1 spiro atoms. The minimum absolute atomic E-state index is 0.0228. The number of anilines is 4. The van der Waals surface area contributed by atoms with E-state index in [2.05, 4.69) is 65.0 Å². The number of piperidine rings is 2. The van der Waals surface area contributed by atoms with E-state index >= 15 is 4.39 Å². The minimum atomic E-state index is -1.09. The minimum Gasteiger partial charge on any atom is -0.369 e. The summed E-state index contributed by atoms with van der Waals surface area (Å²) in [6.45, 7) is 5.10. The summed E-state index contributed by atoms with van der Waals surface area (Å²) in [6, 6.07) is 15.5. The zero-order chi connectivity index (χ0) is 45.4. The van der Waals surface area contributed by atoms with Crippen LogP contribution in [0.15, 0.2) is 67.3 Å². The van der Waals surface area contributed by atoms with Gasteiger partial charge in [0, 0.05) is 75.2 Å². The topological polar surface area (TPSA) is 178 Å². The molecule has 6 aliphatic rings. The van der Waals surface area contributed by atoms with Crippen LogP contribution in [0.3, 0.4) is 0 Å². The van der Waals surface area contributed by atoms with Gasteiger partial charge in [0.1, 0.15) is 18.2 Å². The van der Waals surface area contributed by atoms with Gasteiger partial charge in [0.25, 0.3) is 17.7 Å². The normalized spacial score (nSPS) is 23.2. The van der Waals surface area contributed by atoms with Crippen LogP contribution in [0.5, 0.6) is 0 Å². The van der Waals surface area contributed by atoms with E-state index in [0.29, 0.717) is 46.2 Å². The molecule has 3 saturated heterocycles. The van der Waals surface area contributed by atoms with Crippen molar-refractivity contribution in [3.63, 3.8) is 0 Å². The van der Waals surface area contributed by atoms with Gasteiger partial charge in [0.05, 0.1) is 38.8 Å². The summed E-state index contributed by atoms with van der Waals surface area (Å²) >= 11 is 12.5. The van der Waals surface area contributed by atoms with Crippen LogP contribution in [0.25, 0.3) is 11.2 Å². The number of halogens is 3. The van der Waals surface area contributed by atoms with E-state index in [1.54, 1.807) is 24.5 Å². The fourth-order valence-electron chi connectivity index (χ4n) is 10.9. The van der Waals surface area contributed by atoms with Crippen molar-refractivity contribution in [2.45, 2.75) is 75.5 Å². The summed E-state index contributed by atoms with van der Waals surface area (Å²) in [5.41, 5.74) is 4.29. The highest BCUT2D eigenvalue weighted by atomic mass is 35.5. The monoisotopic (exact) mass is 933 g/mol. The predicted octanol–water partition coefficient (Wildman–Crippen LogP) is 6.12. The number of rotatable bonds is 9. The molecule has 1 atom stereocenters. The second-order valence-electron chi connectivity index (χ2n) is 18.5. The molecule has 2 saturated carbocycles. The predicted molar refractivity (Wildman–Crippen MR) is 245 cm³/mol. The van der Waals surface area contributed by atoms with Crippen LogP contribution in [-0.4, -0.2) is 116 Å². The molecular weight excluding hydrogens is 888 g/mol. The number of hydrogen-bond donors (Lipinski definition) is 3. The van der Waals surface area contributed by atoms with Gasteiger partial charge in [-0.25, -0.2) is 19.3 Å². The van der Waals surface area contributed by atoms with Crippen LogP contribution >= 0.6 is 23.2 Å².